The van der Waals surface area contributed by atoms with E-state index in [4.69, 9.17) is 23.2 Å². The normalized spacial score (nSPS) is 10.5. The molecule has 0 spiro atoms. The molecular formula is C16H13Cl2N5OS. The van der Waals surface area contributed by atoms with Crippen molar-refractivity contribution in [3.8, 4) is 10.6 Å². The minimum absolute atomic E-state index is 0.114. The zero-order valence-electron chi connectivity index (χ0n) is 13.1. The largest absolute Gasteiger partial charge is 0.324 e. The minimum atomic E-state index is -0.297. The first-order valence-electron chi connectivity index (χ1n) is 7.24. The molecule has 0 aliphatic rings. The van der Waals surface area contributed by atoms with E-state index in [9.17, 15) is 4.79 Å². The first kappa shape index (κ1) is 17.6. The number of nitrogens with zero attached hydrogens (tertiary/aromatic N) is 3. The maximum Gasteiger partial charge on any atom is 0.241 e. The third-order valence-corrected chi connectivity index (χ3v) is 4.74. The molecule has 0 saturated heterocycles. The Morgan fingerprint density at radius 2 is 1.96 bits per heavy atom. The van der Waals surface area contributed by atoms with Gasteiger partial charge in [0.1, 0.15) is 5.88 Å². The fraction of sp³-hybridized carbons (Fsp3) is 0.125. The molecule has 2 N–H and O–H groups in total. The molecule has 6 nitrogen and oxygen atoms in total. The van der Waals surface area contributed by atoms with Gasteiger partial charge in [0.15, 0.2) is 5.13 Å². The first-order valence-corrected chi connectivity index (χ1v) is 8.97. The van der Waals surface area contributed by atoms with Crippen LogP contribution in [0.2, 0.25) is 5.02 Å². The molecule has 0 unspecified atom stereocenters. The van der Waals surface area contributed by atoms with Crippen molar-refractivity contribution in [2.75, 3.05) is 16.5 Å². The lowest BCUT2D eigenvalue weighted by molar-refractivity contribution is -0.113. The Bertz CT molecular complexity index is 898. The van der Waals surface area contributed by atoms with Crippen LogP contribution in [0.1, 0.15) is 5.69 Å². The van der Waals surface area contributed by atoms with Gasteiger partial charge in [-0.05, 0) is 37.3 Å². The van der Waals surface area contributed by atoms with E-state index >= 15 is 0 Å². The average Bonchev–Trinajstić information content (AvgIpc) is 2.97. The van der Waals surface area contributed by atoms with Gasteiger partial charge in [-0.1, -0.05) is 22.9 Å². The summed E-state index contributed by atoms with van der Waals surface area (Å²) in [6, 6.07) is 9.05. The van der Waals surface area contributed by atoms with Crippen LogP contribution in [0, 0.1) is 6.92 Å². The second kappa shape index (κ2) is 7.77. The minimum Gasteiger partial charge on any atom is -0.324 e. The number of alkyl halides is 1. The fourth-order valence-electron chi connectivity index (χ4n) is 2.05. The highest BCUT2D eigenvalue weighted by Gasteiger charge is 2.13. The Hall–Kier alpha value is -2.22. The molecule has 0 bridgehead atoms. The molecule has 128 valence electrons. The highest BCUT2D eigenvalue weighted by Crippen LogP contribution is 2.32. The lowest BCUT2D eigenvalue weighted by atomic mass is 10.3. The molecule has 3 aromatic rings. The molecule has 1 aromatic carbocycles. The van der Waals surface area contributed by atoms with Crippen LogP contribution in [-0.2, 0) is 4.79 Å². The van der Waals surface area contributed by atoms with Crippen molar-refractivity contribution in [2.24, 2.45) is 0 Å². The quantitative estimate of drug-likeness (QED) is 0.624. The van der Waals surface area contributed by atoms with Crippen LogP contribution in [0.5, 0.6) is 0 Å². The number of carbonyl (C=O) groups excluding carboxylic acids is 1. The standard InChI is InChI=1S/C16H13Cl2N5OS/c1-9-14(25-16(20-9)23-13(24)8-17)12-6-7-19-15(22-12)21-11-4-2-10(18)3-5-11/h2-7H,8H2,1H3,(H,19,21,22)(H,20,23,24). The van der Waals surface area contributed by atoms with Gasteiger partial charge in [0.25, 0.3) is 0 Å². The second-order valence-electron chi connectivity index (χ2n) is 5.01. The SMILES string of the molecule is Cc1nc(NC(=O)CCl)sc1-c1ccnc(Nc2ccc(Cl)cc2)n1. The number of aromatic nitrogens is 3. The molecule has 0 aliphatic carbocycles. The van der Waals surface area contributed by atoms with Crippen LogP contribution in [-0.4, -0.2) is 26.7 Å². The summed E-state index contributed by atoms with van der Waals surface area (Å²) in [6.07, 6.45) is 1.66. The number of thiazole rings is 1. The van der Waals surface area contributed by atoms with E-state index < -0.39 is 0 Å². The Morgan fingerprint density at radius 3 is 2.68 bits per heavy atom. The molecule has 2 heterocycles. The number of hydrogen-bond donors (Lipinski definition) is 2. The number of hydrogen-bond acceptors (Lipinski definition) is 6. The second-order valence-corrected chi connectivity index (χ2v) is 6.72. The summed E-state index contributed by atoms with van der Waals surface area (Å²) in [4.78, 5) is 25.3. The van der Waals surface area contributed by atoms with Gasteiger partial charge < -0.3 is 10.6 Å². The van der Waals surface area contributed by atoms with Crippen LogP contribution in [0.25, 0.3) is 10.6 Å². The van der Waals surface area contributed by atoms with Crippen LogP contribution in [0.15, 0.2) is 36.5 Å². The van der Waals surface area contributed by atoms with Gasteiger partial charge in [-0.15, -0.1) is 11.6 Å². The van der Waals surface area contributed by atoms with Crippen molar-refractivity contribution in [1.29, 1.82) is 0 Å². The maximum absolute atomic E-state index is 11.4. The lowest BCUT2D eigenvalue weighted by Gasteiger charge is -2.06. The summed E-state index contributed by atoms with van der Waals surface area (Å²) in [5.41, 5.74) is 2.32. The van der Waals surface area contributed by atoms with Gasteiger partial charge in [0, 0.05) is 16.9 Å². The van der Waals surface area contributed by atoms with Crippen molar-refractivity contribution in [3.05, 3.63) is 47.2 Å². The van der Waals surface area contributed by atoms with E-state index in [1.807, 2.05) is 19.1 Å². The summed E-state index contributed by atoms with van der Waals surface area (Å²) in [7, 11) is 0. The number of carbonyl (C=O) groups is 1. The van der Waals surface area contributed by atoms with E-state index in [0.717, 1.165) is 16.3 Å². The zero-order chi connectivity index (χ0) is 17.8. The Morgan fingerprint density at radius 1 is 1.20 bits per heavy atom. The molecule has 0 saturated carbocycles. The van der Waals surface area contributed by atoms with Crippen LogP contribution >= 0.6 is 34.5 Å². The Balaban J connectivity index is 1.83. The van der Waals surface area contributed by atoms with Gasteiger partial charge in [-0.3, -0.25) is 4.79 Å². The highest BCUT2D eigenvalue weighted by molar-refractivity contribution is 7.19. The number of anilines is 3. The highest BCUT2D eigenvalue weighted by atomic mass is 35.5. The molecule has 3 rings (SSSR count). The summed E-state index contributed by atoms with van der Waals surface area (Å²) >= 11 is 12.7. The van der Waals surface area contributed by atoms with Gasteiger partial charge in [-0.2, -0.15) is 0 Å². The summed E-state index contributed by atoms with van der Waals surface area (Å²) in [5, 5.41) is 6.92. The Labute approximate surface area is 158 Å². The molecule has 0 radical (unpaired) electrons. The monoisotopic (exact) mass is 393 g/mol. The number of aryl methyl sites for hydroxylation is 1. The number of rotatable bonds is 5. The topological polar surface area (TPSA) is 79.8 Å². The van der Waals surface area contributed by atoms with Crippen molar-refractivity contribution in [1.82, 2.24) is 15.0 Å². The first-order chi connectivity index (χ1) is 12.0. The van der Waals surface area contributed by atoms with Gasteiger partial charge in [-0.25, -0.2) is 15.0 Å². The zero-order valence-corrected chi connectivity index (χ0v) is 15.4. The lowest BCUT2D eigenvalue weighted by Crippen LogP contribution is -2.12. The van der Waals surface area contributed by atoms with E-state index in [0.29, 0.717) is 21.8 Å². The van der Waals surface area contributed by atoms with Crippen LogP contribution in [0.4, 0.5) is 16.8 Å². The van der Waals surface area contributed by atoms with Gasteiger partial charge in [0.2, 0.25) is 11.9 Å². The molecule has 1 amide bonds. The molecular weight excluding hydrogens is 381 g/mol. The van der Waals surface area contributed by atoms with E-state index in [-0.39, 0.29) is 11.8 Å². The number of halogens is 2. The molecule has 9 heteroatoms. The smallest absolute Gasteiger partial charge is 0.241 e. The van der Waals surface area contributed by atoms with Crippen molar-refractivity contribution < 1.29 is 4.79 Å². The molecule has 0 fully saturated rings. The van der Waals surface area contributed by atoms with Crippen molar-refractivity contribution in [3.63, 3.8) is 0 Å². The predicted molar refractivity (Wildman–Crippen MR) is 102 cm³/mol. The summed E-state index contributed by atoms with van der Waals surface area (Å²) < 4.78 is 0. The molecule has 2 aromatic heterocycles. The van der Waals surface area contributed by atoms with Gasteiger partial charge in [0.05, 0.1) is 16.3 Å². The number of benzene rings is 1. The van der Waals surface area contributed by atoms with E-state index in [1.54, 1.807) is 24.4 Å². The van der Waals surface area contributed by atoms with Gasteiger partial charge >= 0.3 is 0 Å². The molecule has 0 aliphatic heterocycles. The number of amides is 1. The molecule has 25 heavy (non-hydrogen) atoms. The summed E-state index contributed by atoms with van der Waals surface area (Å²) in [6.45, 7) is 1.86. The predicted octanol–water partition coefficient (Wildman–Crippen LogP) is 4.48. The van der Waals surface area contributed by atoms with Crippen LogP contribution in [0.3, 0.4) is 0 Å². The van der Waals surface area contributed by atoms with E-state index in [1.165, 1.54) is 11.3 Å². The van der Waals surface area contributed by atoms with Crippen molar-refractivity contribution in [2.45, 2.75) is 6.92 Å². The fourth-order valence-corrected chi connectivity index (χ4v) is 3.19. The average molecular weight is 394 g/mol. The molecule has 0 atom stereocenters. The van der Waals surface area contributed by atoms with Crippen LogP contribution < -0.4 is 10.6 Å². The maximum atomic E-state index is 11.4. The number of nitrogens with one attached hydrogen (secondary N) is 2. The van der Waals surface area contributed by atoms with E-state index in [2.05, 4.69) is 25.6 Å². The Kier molecular flexibility index (Phi) is 5.47. The summed E-state index contributed by atoms with van der Waals surface area (Å²) in [5.74, 6) is 0.0464. The third-order valence-electron chi connectivity index (χ3n) is 3.15. The van der Waals surface area contributed by atoms with Crippen molar-refractivity contribution >= 4 is 57.2 Å². The third kappa shape index (κ3) is 4.45.